The van der Waals surface area contributed by atoms with Crippen molar-refractivity contribution in [3.8, 4) is 5.75 Å². The number of ether oxygens (including phenoxy) is 2. The molecule has 1 heterocycles. The van der Waals surface area contributed by atoms with Gasteiger partial charge in [0.15, 0.2) is 0 Å². The number of para-hydroxylation sites is 1. The zero-order chi connectivity index (χ0) is 12.8. The second-order valence-corrected chi connectivity index (χ2v) is 4.68. The fraction of sp³-hybridized carbons (Fsp3) is 0.400. The van der Waals surface area contributed by atoms with Gasteiger partial charge in [-0.15, -0.1) is 0 Å². The third kappa shape index (κ3) is 3.70. The summed E-state index contributed by atoms with van der Waals surface area (Å²) in [6.45, 7) is 6.22. The van der Waals surface area contributed by atoms with Crippen LogP contribution in [0.25, 0.3) is 10.9 Å². The van der Waals surface area contributed by atoms with Gasteiger partial charge in [-0.25, -0.2) is 0 Å². The van der Waals surface area contributed by atoms with Crippen LogP contribution in [0.2, 0.25) is 0 Å². The molecule has 0 bridgehead atoms. The van der Waals surface area contributed by atoms with Crippen LogP contribution in [-0.4, -0.2) is 24.8 Å². The summed E-state index contributed by atoms with van der Waals surface area (Å²) in [5, 5.41) is 1.10. The molecule has 0 atom stereocenters. The topological polar surface area (TPSA) is 31.4 Å². The van der Waals surface area contributed by atoms with Crippen molar-refractivity contribution in [1.82, 2.24) is 4.98 Å². The quantitative estimate of drug-likeness (QED) is 0.732. The molecule has 0 saturated carbocycles. The normalized spacial score (nSPS) is 11.1. The molecule has 1 aromatic carbocycles. The average molecular weight is 245 g/mol. The first-order chi connectivity index (χ1) is 8.75. The minimum atomic E-state index is 0.562. The monoisotopic (exact) mass is 245 g/mol. The second kappa shape index (κ2) is 6.36. The van der Waals surface area contributed by atoms with Crippen molar-refractivity contribution in [2.75, 3.05) is 19.8 Å². The molecule has 3 heteroatoms. The van der Waals surface area contributed by atoms with Crippen LogP contribution in [0.15, 0.2) is 36.5 Å². The van der Waals surface area contributed by atoms with E-state index < -0.39 is 0 Å². The van der Waals surface area contributed by atoms with Crippen molar-refractivity contribution in [2.24, 2.45) is 5.92 Å². The molecular weight excluding hydrogens is 226 g/mol. The highest BCUT2D eigenvalue weighted by atomic mass is 16.5. The van der Waals surface area contributed by atoms with Crippen LogP contribution in [0.4, 0.5) is 0 Å². The van der Waals surface area contributed by atoms with E-state index in [1.807, 2.05) is 30.3 Å². The lowest BCUT2D eigenvalue weighted by Crippen LogP contribution is -2.10. The van der Waals surface area contributed by atoms with E-state index in [1.54, 1.807) is 6.20 Å². The highest BCUT2D eigenvalue weighted by Gasteiger charge is 1.99. The van der Waals surface area contributed by atoms with Crippen LogP contribution < -0.4 is 4.74 Å². The lowest BCUT2D eigenvalue weighted by molar-refractivity contribution is 0.0818. The molecular formula is C15H19NO2. The number of fused-ring (bicyclic) bond motifs is 1. The number of hydrogen-bond acceptors (Lipinski definition) is 3. The Morgan fingerprint density at radius 1 is 1.17 bits per heavy atom. The Kier molecular flexibility index (Phi) is 4.53. The minimum Gasteiger partial charge on any atom is -0.490 e. The molecule has 3 nitrogen and oxygen atoms in total. The highest BCUT2D eigenvalue weighted by Crippen LogP contribution is 2.17. The Bertz CT molecular complexity index is 497. The predicted octanol–water partition coefficient (Wildman–Crippen LogP) is 3.29. The number of rotatable bonds is 6. The molecule has 0 aliphatic heterocycles. The Morgan fingerprint density at radius 3 is 2.83 bits per heavy atom. The van der Waals surface area contributed by atoms with Crippen LogP contribution in [0.5, 0.6) is 5.75 Å². The van der Waals surface area contributed by atoms with Gasteiger partial charge in [0.25, 0.3) is 0 Å². The highest BCUT2D eigenvalue weighted by molar-refractivity contribution is 5.79. The Morgan fingerprint density at radius 2 is 2.00 bits per heavy atom. The SMILES string of the molecule is CC(C)COCCOc1cnc2ccccc2c1. The van der Waals surface area contributed by atoms with Crippen molar-refractivity contribution in [3.05, 3.63) is 36.5 Å². The van der Waals surface area contributed by atoms with Crippen molar-refractivity contribution >= 4 is 10.9 Å². The molecule has 0 aliphatic rings. The van der Waals surface area contributed by atoms with E-state index in [0.717, 1.165) is 23.3 Å². The van der Waals surface area contributed by atoms with Crippen LogP contribution in [0, 0.1) is 5.92 Å². The van der Waals surface area contributed by atoms with E-state index in [0.29, 0.717) is 19.1 Å². The molecule has 18 heavy (non-hydrogen) atoms. The first kappa shape index (κ1) is 12.8. The Hall–Kier alpha value is -1.61. The number of aromatic nitrogens is 1. The van der Waals surface area contributed by atoms with Gasteiger partial charge >= 0.3 is 0 Å². The first-order valence-electron chi connectivity index (χ1n) is 6.31. The number of nitrogens with zero attached hydrogens (tertiary/aromatic N) is 1. The molecule has 0 radical (unpaired) electrons. The standard InChI is InChI=1S/C15H19NO2/c1-12(2)11-17-7-8-18-14-9-13-5-3-4-6-15(13)16-10-14/h3-6,9-10,12H,7-8,11H2,1-2H3. The zero-order valence-electron chi connectivity index (χ0n) is 10.9. The molecule has 0 N–H and O–H groups in total. The third-order valence-corrected chi connectivity index (χ3v) is 2.51. The van der Waals surface area contributed by atoms with Gasteiger partial charge in [0, 0.05) is 12.0 Å². The van der Waals surface area contributed by atoms with Gasteiger partial charge in [-0.2, -0.15) is 0 Å². The Labute approximate surface area is 108 Å². The van der Waals surface area contributed by atoms with Crippen LogP contribution in [0.1, 0.15) is 13.8 Å². The maximum Gasteiger partial charge on any atom is 0.138 e. The minimum absolute atomic E-state index is 0.562. The van der Waals surface area contributed by atoms with Crippen molar-refractivity contribution < 1.29 is 9.47 Å². The molecule has 2 rings (SSSR count). The number of pyridine rings is 1. The van der Waals surface area contributed by atoms with Crippen molar-refractivity contribution in [2.45, 2.75) is 13.8 Å². The summed E-state index contributed by atoms with van der Waals surface area (Å²) < 4.78 is 11.1. The van der Waals surface area contributed by atoms with Crippen molar-refractivity contribution in [3.63, 3.8) is 0 Å². The smallest absolute Gasteiger partial charge is 0.138 e. The van der Waals surface area contributed by atoms with Gasteiger partial charge in [-0.3, -0.25) is 4.98 Å². The summed E-state index contributed by atoms with van der Waals surface area (Å²) in [6.07, 6.45) is 1.75. The van der Waals surface area contributed by atoms with E-state index in [4.69, 9.17) is 9.47 Å². The lowest BCUT2D eigenvalue weighted by Gasteiger charge is -2.09. The molecule has 1 aromatic heterocycles. The van der Waals surface area contributed by atoms with E-state index >= 15 is 0 Å². The maximum absolute atomic E-state index is 5.61. The molecule has 2 aromatic rings. The fourth-order valence-corrected chi connectivity index (χ4v) is 1.67. The molecule has 0 amide bonds. The van der Waals surface area contributed by atoms with Gasteiger partial charge in [0.05, 0.1) is 18.3 Å². The largest absolute Gasteiger partial charge is 0.490 e. The van der Waals surface area contributed by atoms with Crippen LogP contribution >= 0.6 is 0 Å². The predicted molar refractivity (Wildman–Crippen MR) is 72.9 cm³/mol. The third-order valence-electron chi connectivity index (χ3n) is 2.51. The van der Waals surface area contributed by atoms with Gasteiger partial charge < -0.3 is 9.47 Å². The van der Waals surface area contributed by atoms with Crippen LogP contribution in [-0.2, 0) is 4.74 Å². The summed E-state index contributed by atoms with van der Waals surface area (Å²) in [4.78, 5) is 4.34. The molecule has 0 spiro atoms. The molecule has 96 valence electrons. The number of hydrogen-bond donors (Lipinski definition) is 0. The average Bonchev–Trinajstić information content (AvgIpc) is 2.38. The lowest BCUT2D eigenvalue weighted by atomic mass is 10.2. The summed E-state index contributed by atoms with van der Waals surface area (Å²) in [5.41, 5.74) is 0.987. The van der Waals surface area contributed by atoms with E-state index in [1.165, 1.54) is 0 Å². The summed E-state index contributed by atoms with van der Waals surface area (Å²) in [7, 11) is 0. The molecule has 0 unspecified atom stereocenters. The van der Waals surface area contributed by atoms with Crippen LogP contribution in [0.3, 0.4) is 0 Å². The van der Waals surface area contributed by atoms with Gasteiger partial charge in [-0.1, -0.05) is 32.0 Å². The molecule has 0 saturated heterocycles. The maximum atomic E-state index is 5.61. The second-order valence-electron chi connectivity index (χ2n) is 4.68. The van der Waals surface area contributed by atoms with Gasteiger partial charge in [-0.05, 0) is 18.1 Å². The number of benzene rings is 1. The summed E-state index contributed by atoms with van der Waals surface area (Å²) in [6, 6.07) is 10.0. The van der Waals surface area contributed by atoms with Crippen molar-refractivity contribution in [1.29, 1.82) is 0 Å². The van der Waals surface area contributed by atoms with Gasteiger partial charge in [0.1, 0.15) is 12.4 Å². The fourth-order valence-electron chi connectivity index (χ4n) is 1.67. The molecule has 0 aliphatic carbocycles. The van der Waals surface area contributed by atoms with Gasteiger partial charge in [0.2, 0.25) is 0 Å². The summed E-state index contributed by atoms with van der Waals surface area (Å²) in [5.74, 6) is 1.36. The molecule has 0 fully saturated rings. The van der Waals surface area contributed by atoms with E-state index in [9.17, 15) is 0 Å². The van der Waals surface area contributed by atoms with E-state index in [2.05, 4.69) is 18.8 Å². The van der Waals surface area contributed by atoms with E-state index in [-0.39, 0.29) is 0 Å². The Balaban J connectivity index is 1.84. The summed E-state index contributed by atoms with van der Waals surface area (Å²) >= 11 is 0. The first-order valence-corrected chi connectivity index (χ1v) is 6.31. The zero-order valence-corrected chi connectivity index (χ0v) is 10.9.